The third-order valence-corrected chi connectivity index (χ3v) is 5.18. The largest absolute Gasteiger partial charge is 0.490 e. The number of halogens is 2. The maximum absolute atomic E-state index is 6.29. The number of guanidine groups is 2. The normalized spacial score (nSPS) is 19.9. The molecular formula is C16H21BrClN5O. The third-order valence-electron chi connectivity index (χ3n) is 4.37. The van der Waals surface area contributed by atoms with Gasteiger partial charge in [0.05, 0.1) is 16.8 Å². The number of anilines is 1. The Kier molecular flexibility index (Phi) is 4.92. The number of benzene rings is 1. The summed E-state index contributed by atoms with van der Waals surface area (Å²) in [5.41, 5.74) is 12.4. The highest BCUT2D eigenvalue weighted by atomic mass is 79.9. The van der Waals surface area contributed by atoms with Crippen LogP contribution in [0.4, 0.5) is 5.69 Å². The van der Waals surface area contributed by atoms with Crippen LogP contribution in [0, 0.1) is 0 Å². The van der Waals surface area contributed by atoms with Gasteiger partial charge in [0, 0.05) is 5.02 Å². The van der Waals surface area contributed by atoms with E-state index in [9.17, 15) is 0 Å². The Balaban J connectivity index is 2.17. The first-order valence-corrected chi connectivity index (χ1v) is 9.25. The fraction of sp³-hybridized carbons (Fsp3) is 0.500. The van der Waals surface area contributed by atoms with E-state index in [0.29, 0.717) is 23.3 Å². The molecule has 1 spiro atoms. The number of aliphatic imine (C=N–C) groups is 2. The topological polar surface area (TPSA) is 89.2 Å². The zero-order chi connectivity index (χ0) is 17.3. The minimum absolute atomic E-state index is 0.227. The molecule has 0 atom stereocenters. The van der Waals surface area contributed by atoms with E-state index < -0.39 is 5.66 Å². The molecule has 0 amide bonds. The van der Waals surface area contributed by atoms with E-state index in [1.165, 1.54) is 6.42 Å². The molecule has 1 aromatic rings. The summed E-state index contributed by atoms with van der Waals surface area (Å²) in [6, 6.07) is 3.64. The van der Waals surface area contributed by atoms with Gasteiger partial charge in [-0.2, -0.15) is 4.99 Å². The standard InChI is InChI=1S/C16H21BrClN5O/c1-2-24-13-11(17)8-10(18)9-12(13)23-15(20)21-14(19)22-16(23)6-4-3-5-7-16/h8-9H,2-7H2,1H3,(H4,19,20,21,22). The zero-order valence-corrected chi connectivity index (χ0v) is 15.9. The van der Waals surface area contributed by atoms with Crippen molar-refractivity contribution in [3.05, 3.63) is 21.6 Å². The van der Waals surface area contributed by atoms with Crippen molar-refractivity contribution in [3.63, 3.8) is 0 Å². The quantitative estimate of drug-likeness (QED) is 0.790. The van der Waals surface area contributed by atoms with Gasteiger partial charge in [-0.1, -0.05) is 18.0 Å². The molecule has 0 bridgehead atoms. The van der Waals surface area contributed by atoms with Crippen LogP contribution in [0.1, 0.15) is 39.0 Å². The summed E-state index contributed by atoms with van der Waals surface area (Å²) in [4.78, 5) is 10.8. The summed E-state index contributed by atoms with van der Waals surface area (Å²) >= 11 is 9.82. The molecule has 0 radical (unpaired) electrons. The monoisotopic (exact) mass is 413 g/mol. The predicted molar refractivity (Wildman–Crippen MR) is 102 cm³/mol. The van der Waals surface area contributed by atoms with Gasteiger partial charge < -0.3 is 16.2 Å². The van der Waals surface area contributed by atoms with E-state index in [4.69, 9.17) is 27.8 Å². The highest BCUT2D eigenvalue weighted by molar-refractivity contribution is 9.10. The molecule has 2 aliphatic rings. The van der Waals surface area contributed by atoms with Crippen molar-refractivity contribution in [2.24, 2.45) is 21.5 Å². The second kappa shape index (κ2) is 6.80. The van der Waals surface area contributed by atoms with Crippen molar-refractivity contribution < 1.29 is 4.74 Å². The van der Waals surface area contributed by atoms with Gasteiger partial charge in [0.15, 0.2) is 5.75 Å². The van der Waals surface area contributed by atoms with Gasteiger partial charge in [-0.25, -0.2) is 4.99 Å². The molecular weight excluding hydrogens is 394 g/mol. The molecule has 6 nitrogen and oxygen atoms in total. The average Bonchev–Trinajstić information content (AvgIpc) is 2.50. The summed E-state index contributed by atoms with van der Waals surface area (Å²) in [7, 11) is 0. The minimum Gasteiger partial charge on any atom is -0.490 e. The van der Waals surface area contributed by atoms with Gasteiger partial charge in [0.2, 0.25) is 11.9 Å². The Bertz CT molecular complexity index is 700. The molecule has 24 heavy (non-hydrogen) atoms. The summed E-state index contributed by atoms with van der Waals surface area (Å²) < 4.78 is 6.62. The third kappa shape index (κ3) is 3.07. The first-order valence-electron chi connectivity index (χ1n) is 8.08. The highest BCUT2D eigenvalue weighted by Gasteiger charge is 2.44. The van der Waals surface area contributed by atoms with E-state index in [2.05, 4.69) is 25.9 Å². The molecule has 1 aliphatic heterocycles. The fourth-order valence-corrected chi connectivity index (χ4v) is 4.38. The average molecular weight is 415 g/mol. The Morgan fingerprint density at radius 2 is 2.00 bits per heavy atom. The van der Waals surface area contributed by atoms with Crippen LogP contribution < -0.4 is 21.1 Å². The zero-order valence-electron chi connectivity index (χ0n) is 13.6. The molecule has 1 saturated carbocycles. The molecule has 4 N–H and O–H groups in total. The van der Waals surface area contributed by atoms with Crippen LogP contribution in [0.2, 0.25) is 5.02 Å². The summed E-state index contributed by atoms with van der Waals surface area (Å²) in [5.74, 6) is 1.23. The molecule has 1 aliphatic carbocycles. The summed E-state index contributed by atoms with van der Waals surface area (Å²) in [6.45, 7) is 2.46. The van der Waals surface area contributed by atoms with E-state index in [1.807, 2.05) is 17.9 Å². The number of ether oxygens (including phenoxy) is 1. The molecule has 1 heterocycles. The van der Waals surface area contributed by atoms with Crippen molar-refractivity contribution >= 4 is 45.1 Å². The lowest BCUT2D eigenvalue weighted by molar-refractivity contribution is 0.298. The van der Waals surface area contributed by atoms with Gasteiger partial charge in [-0.05, 0) is 60.7 Å². The molecule has 1 aromatic carbocycles. The van der Waals surface area contributed by atoms with Crippen molar-refractivity contribution in [1.29, 1.82) is 0 Å². The van der Waals surface area contributed by atoms with Gasteiger partial charge in [0.1, 0.15) is 5.66 Å². The number of nitrogens with two attached hydrogens (primary N) is 2. The van der Waals surface area contributed by atoms with Crippen LogP contribution in [-0.4, -0.2) is 24.2 Å². The van der Waals surface area contributed by atoms with E-state index in [-0.39, 0.29) is 5.96 Å². The minimum atomic E-state index is -0.524. The molecule has 8 heteroatoms. The number of rotatable bonds is 3. The van der Waals surface area contributed by atoms with Gasteiger partial charge in [-0.15, -0.1) is 0 Å². The van der Waals surface area contributed by atoms with Crippen molar-refractivity contribution in [2.75, 3.05) is 11.5 Å². The number of nitrogens with zero attached hydrogens (tertiary/aromatic N) is 3. The van der Waals surface area contributed by atoms with Crippen molar-refractivity contribution in [2.45, 2.75) is 44.7 Å². The van der Waals surface area contributed by atoms with Gasteiger partial charge in [-0.3, -0.25) is 4.90 Å². The fourth-order valence-electron chi connectivity index (χ4n) is 3.47. The van der Waals surface area contributed by atoms with Crippen molar-refractivity contribution in [3.8, 4) is 5.75 Å². The summed E-state index contributed by atoms with van der Waals surface area (Å²) in [6.07, 6.45) is 5.03. The van der Waals surface area contributed by atoms with Gasteiger partial charge in [0.25, 0.3) is 0 Å². The molecule has 0 aromatic heterocycles. The lowest BCUT2D eigenvalue weighted by Gasteiger charge is -2.46. The van der Waals surface area contributed by atoms with Crippen LogP contribution >= 0.6 is 27.5 Å². The van der Waals surface area contributed by atoms with E-state index in [0.717, 1.165) is 35.8 Å². The predicted octanol–water partition coefficient (Wildman–Crippen LogP) is 3.61. The molecule has 130 valence electrons. The Morgan fingerprint density at radius 1 is 1.29 bits per heavy atom. The smallest absolute Gasteiger partial charge is 0.220 e. The van der Waals surface area contributed by atoms with Gasteiger partial charge >= 0.3 is 0 Å². The first kappa shape index (κ1) is 17.4. The SMILES string of the molecule is CCOc1c(Br)cc(Cl)cc1N1C(N)=NC(N)=NC12CCCCC2. The van der Waals surface area contributed by atoms with Crippen LogP contribution in [0.25, 0.3) is 0 Å². The Morgan fingerprint density at radius 3 is 2.67 bits per heavy atom. The van der Waals surface area contributed by atoms with E-state index >= 15 is 0 Å². The molecule has 0 saturated heterocycles. The first-order chi connectivity index (χ1) is 11.5. The number of hydrogen-bond donors (Lipinski definition) is 2. The Labute approximate surface area is 155 Å². The molecule has 3 rings (SSSR count). The van der Waals surface area contributed by atoms with Crippen molar-refractivity contribution in [1.82, 2.24) is 0 Å². The lowest BCUT2D eigenvalue weighted by Crippen LogP contribution is -2.58. The molecule has 1 fully saturated rings. The second-order valence-electron chi connectivity index (χ2n) is 5.99. The van der Waals surface area contributed by atoms with Crippen LogP contribution in [0.5, 0.6) is 5.75 Å². The molecule has 0 unspecified atom stereocenters. The van der Waals surface area contributed by atoms with Crippen LogP contribution in [0.3, 0.4) is 0 Å². The number of hydrogen-bond acceptors (Lipinski definition) is 6. The Hall–Kier alpha value is -1.47. The van der Waals surface area contributed by atoms with Crippen LogP contribution in [0.15, 0.2) is 26.6 Å². The second-order valence-corrected chi connectivity index (χ2v) is 7.28. The lowest BCUT2D eigenvalue weighted by atomic mass is 9.87. The maximum atomic E-state index is 6.29. The maximum Gasteiger partial charge on any atom is 0.220 e. The van der Waals surface area contributed by atoms with Crippen LogP contribution in [-0.2, 0) is 0 Å². The summed E-state index contributed by atoms with van der Waals surface area (Å²) in [5, 5.41) is 0.585. The van der Waals surface area contributed by atoms with E-state index in [1.54, 1.807) is 6.07 Å². The highest BCUT2D eigenvalue weighted by Crippen LogP contribution is 2.46.